The highest BCUT2D eigenvalue weighted by atomic mass is 16.5. The third kappa shape index (κ3) is 3.65. The van der Waals surface area contributed by atoms with E-state index >= 15 is 0 Å². The van der Waals surface area contributed by atoms with E-state index in [4.69, 9.17) is 18.9 Å². The summed E-state index contributed by atoms with van der Waals surface area (Å²) in [4.78, 5) is 12.4. The summed E-state index contributed by atoms with van der Waals surface area (Å²) >= 11 is 0. The molecule has 0 fully saturated rings. The number of amides is 1. The number of anilines is 1. The van der Waals surface area contributed by atoms with E-state index < -0.39 is 0 Å². The first-order valence-electron chi connectivity index (χ1n) is 8.98. The van der Waals surface area contributed by atoms with Gasteiger partial charge in [-0.05, 0) is 12.5 Å². The average Bonchev–Trinajstić information content (AvgIpc) is 2.70. The largest absolute Gasteiger partial charge is 0.497 e. The van der Waals surface area contributed by atoms with Crippen LogP contribution in [0.4, 0.5) is 5.69 Å². The fraction of sp³-hybridized carbons (Fsp3) is 0.381. The van der Waals surface area contributed by atoms with E-state index in [0.717, 1.165) is 17.5 Å². The van der Waals surface area contributed by atoms with Gasteiger partial charge in [-0.25, -0.2) is 0 Å². The van der Waals surface area contributed by atoms with Gasteiger partial charge in [0.2, 0.25) is 5.91 Å². The quantitative estimate of drug-likeness (QED) is 0.798. The number of carbonyl (C=O) groups excluding carboxylic acids is 1. The zero-order chi connectivity index (χ0) is 19.4. The SMILES string of the molecule is CCCOc1c(OC)cccc1C1CC(=O)Nc2cc(OC)cc(OC)c21. The van der Waals surface area contributed by atoms with Crippen LogP contribution < -0.4 is 24.3 Å². The van der Waals surface area contributed by atoms with Gasteiger partial charge < -0.3 is 24.3 Å². The molecular weight excluding hydrogens is 346 g/mol. The van der Waals surface area contributed by atoms with Gasteiger partial charge in [0.1, 0.15) is 11.5 Å². The molecule has 1 N–H and O–H groups in total. The summed E-state index contributed by atoms with van der Waals surface area (Å²) in [7, 11) is 4.82. The third-order valence-corrected chi connectivity index (χ3v) is 4.64. The van der Waals surface area contributed by atoms with E-state index in [-0.39, 0.29) is 11.8 Å². The zero-order valence-corrected chi connectivity index (χ0v) is 16.1. The van der Waals surface area contributed by atoms with Crippen molar-refractivity contribution in [3.63, 3.8) is 0 Å². The molecule has 6 heteroatoms. The molecule has 1 unspecified atom stereocenters. The van der Waals surface area contributed by atoms with Crippen molar-refractivity contribution in [2.24, 2.45) is 0 Å². The van der Waals surface area contributed by atoms with Crippen LogP contribution in [0.2, 0.25) is 0 Å². The number of rotatable bonds is 7. The van der Waals surface area contributed by atoms with E-state index in [1.165, 1.54) is 0 Å². The van der Waals surface area contributed by atoms with E-state index in [9.17, 15) is 4.79 Å². The number of hydrogen-bond acceptors (Lipinski definition) is 5. The van der Waals surface area contributed by atoms with Crippen LogP contribution in [-0.4, -0.2) is 33.8 Å². The number of ether oxygens (including phenoxy) is 4. The molecule has 6 nitrogen and oxygen atoms in total. The lowest BCUT2D eigenvalue weighted by Crippen LogP contribution is -2.24. The van der Waals surface area contributed by atoms with Crippen molar-refractivity contribution in [3.8, 4) is 23.0 Å². The van der Waals surface area contributed by atoms with Crippen LogP contribution >= 0.6 is 0 Å². The minimum Gasteiger partial charge on any atom is -0.497 e. The van der Waals surface area contributed by atoms with Crippen molar-refractivity contribution in [2.75, 3.05) is 33.3 Å². The summed E-state index contributed by atoms with van der Waals surface area (Å²) in [6.07, 6.45) is 1.17. The standard InChI is InChI=1S/C21H25NO5/c1-5-9-27-21-14(7-6-8-17(21)25-3)15-12-19(23)22-16-10-13(24-2)11-18(26-4)20(15)16/h6-8,10-11,15H,5,9,12H2,1-4H3,(H,22,23). The molecule has 1 amide bonds. The van der Waals surface area contributed by atoms with E-state index in [0.29, 0.717) is 41.7 Å². The summed E-state index contributed by atoms with van der Waals surface area (Å²) in [5.41, 5.74) is 2.51. The predicted octanol–water partition coefficient (Wildman–Crippen LogP) is 3.98. The summed E-state index contributed by atoms with van der Waals surface area (Å²) in [5, 5.41) is 2.93. The zero-order valence-electron chi connectivity index (χ0n) is 16.1. The number of fused-ring (bicyclic) bond motifs is 1. The van der Waals surface area contributed by atoms with Gasteiger partial charge in [-0.15, -0.1) is 0 Å². The van der Waals surface area contributed by atoms with E-state index in [1.54, 1.807) is 21.3 Å². The number of methoxy groups -OCH3 is 3. The van der Waals surface area contributed by atoms with Gasteiger partial charge in [0.15, 0.2) is 11.5 Å². The van der Waals surface area contributed by atoms with Gasteiger partial charge in [0.25, 0.3) is 0 Å². The van der Waals surface area contributed by atoms with Gasteiger partial charge in [0.05, 0.1) is 33.6 Å². The second-order valence-corrected chi connectivity index (χ2v) is 6.32. The van der Waals surface area contributed by atoms with Gasteiger partial charge in [-0.2, -0.15) is 0 Å². The third-order valence-electron chi connectivity index (χ3n) is 4.64. The minimum atomic E-state index is -0.212. The molecule has 3 rings (SSSR count). The summed E-state index contributed by atoms with van der Waals surface area (Å²) < 4.78 is 22.5. The monoisotopic (exact) mass is 371 g/mol. The number of benzene rings is 2. The van der Waals surface area contributed by atoms with Crippen LogP contribution in [0.5, 0.6) is 23.0 Å². The Kier molecular flexibility index (Phi) is 5.74. The molecule has 2 aromatic carbocycles. The summed E-state index contributed by atoms with van der Waals surface area (Å²) in [6, 6.07) is 9.40. The normalized spacial score (nSPS) is 15.6. The molecule has 27 heavy (non-hydrogen) atoms. The van der Waals surface area contributed by atoms with E-state index in [1.807, 2.05) is 37.3 Å². The second-order valence-electron chi connectivity index (χ2n) is 6.32. The molecule has 0 saturated carbocycles. The Balaban J connectivity index is 2.18. The Morgan fingerprint density at radius 3 is 2.52 bits per heavy atom. The van der Waals surface area contributed by atoms with Crippen LogP contribution in [0.25, 0.3) is 0 Å². The van der Waals surface area contributed by atoms with Crippen LogP contribution in [0.15, 0.2) is 30.3 Å². The molecule has 0 aliphatic carbocycles. The maximum absolute atomic E-state index is 12.4. The number of hydrogen-bond donors (Lipinski definition) is 1. The van der Waals surface area contributed by atoms with Crippen molar-refractivity contribution >= 4 is 11.6 Å². The topological polar surface area (TPSA) is 66.0 Å². The molecule has 144 valence electrons. The smallest absolute Gasteiger partial charge is 0.225 e. The first-order chi connectivity index (χ1) is 13.1. The Bertz CT molecular complexity index is 834. The Labute approximate surface area is 159 Å². The van der Waals surface area contributed by atoms with Crippen molar-refractivity contribution in [1.29, 1.82) is 0 Å². The Hall–Kier alpha value is -2.89. The first kappa shape index (κ1) is 18.9. The van der Waals surface area contributed by atoms with Crippen molar-refractivity contribution in [3.05, 3.63) is 41.5 Å². The van der Waals surface area contributed by atoms with Crippen LogP contribution in [-0.2, 0) is 4.79 Å². The fourth-order valence-electron chi connectivity index (χ4n) is 3.43. The maximum Gasteiger partial charge on any atom is 0.225 e. The number of nitrogens with one attached hydrogen (secondary N) is 1. The summed E-state index contributed by atoms with van der Waals surface area (Å²) in [5.74, 6) is 2.34. The van der Waals surface area contributed by atoms with Gasteiger partial charge in [0, 0.05) is 35.6 Å². The maximum atomic E-state index is 12.4. The highest BCUT2D eigenvalue weighted by molar-refractivity contribution is 5.96. The molecule has 1 heterocycles. The van der Waals surface area contributed by atoms with Crippen LogP contribution in [0.1, 0.15) is 36.8 Å². The molecule has 0 bridgehead atoms. The Morgan fingerprint density at radius 1 is 1.07 bits per heavy atom. The fourth-order valence-corrected chi connectivity index (χ4v) is 3.43. The van der Waals surface area contributed by atoms with Gasteiger partial charge >= 0.3 is 0 Å². The molecule has 0 spiro atoms. The number of carbonyl (C=O) groups is 1. The molecule has 0 saturated heterocycles. The predicted molar refractivity (Wildman–Crippen MR) is 103 cm³/mol. The van der Waals surface area contributed by atoms with Gasteiger partial charge in [-0.1, -0.05) is 19.1 Å². The molecule has 0 aromatic heterocycles. The lowest BCUT2D eigenvalue weighted by Gasteiger charge is -2.29. The van der Waals surface area contributed by atoms with Crippen molar-refractivity contribution in [1.82, 2.24) is 0 Å². The van der Waals surface area contributed by atoms with Crippen LogP contribution in [0, 0.1) is 0 Å². The first-order valence-corrected chi connectivity index (χ1v) is 8.98. The lowest BCUT2D eigenvalue weighted by atomic mass is 9.83. The van der Waals surface area contributed by atoms with E-state index in [2.05, 4.69) is 5.32 Å². The molecule has 1 aliphatic heterocycles. The summed E-state index contributed by atoms with van der Waals surface area (Å²) in [6.45, 7) is 2.62. The van der Waals surface area contributed by atoms with Crippen molar-refractivity contribution in [2.45, 2.75) is 25.7 Å². The molecule has 2 aromatic rings. The molecular formula is C21H25NO5. The second kappa shape index (κ2) is 8.20. The van der Waals surface area contributed by atoms with Crippen LogP contribution in [0.3, 0.4) is 0 Å². The lowest BCUT2D eigenvalue weighted by molar-refractivity contribution is -0.116. The highest BCUT2D eigenvalue weighted by Gasteiger charge is 2.33. The highest BCUT2D eigenvalue weighted by Crippen LogP contribution is 2.48. The molecule has 1 aliphatic rings. The van der Waals surface area contributed by atoms with Gasteiger partial charge in [-0.3, -0.25) is 4.79 Å². The number of para-hydroxylation sites is 1. The van der Waals surface area contributed by atoms with Crippen molar-refractivity contribution < 1.29 is 23.7 Å². The average molecular weight is 371 g/mol. The molecule has 0 radical (unpaired) electrons. The minimum absolute atomic E-state index is 0.0629. The Morgan fingerprint density at radius 2 is 1.85 bits per heavy atom. The molecule has 1 atom stereocenters.